The molecule has 0 amide bonds. The average molecular weight is 834 g/mol. The first kappa shape index (κ1) is 36.7. The van der Waals surface area contributed by atoms with Crippen molar-refractivity contribution in [1.82, 2.24) is 24.5 Å². The number of hydrogen-bond acceptors (Lipinski definition) is 6. The molecule has 0 atom stereocenters. The van der Waals surface area contributed by atoms with Crippen LogP contribution in [0, 0.1) is 0 Å². The van der Waals surface area contributed by atoms with Crippen molar-refractivity contribution in [1.29, 1.82) is 0 Å². The lowest BCUT2D eigenvalue weighted by molar-refractivity contribution is 0.620. The Hall–Kier alpha value is -8.94. The predicted molar refractivity (Wildman–Crippen MR) is 262 cm³/mol. The van der Waals surface area contributed by atoms with Gasteiger partial charge in [0.25, 0.3) is 0 Å². The quantitative estimate of drug-likeness (QED) is 0.159. The Kier molecular flexibility index (Phi) is 8.39. The summed E-state index contributed by atoms with van der Waals surface area (Å²) in [7, 11) is 0. The lowest BCUT2D eigenvalue weighted by Crippen LogP contribution is -2.00. The van der Waals surface area contributed by atoms with E-state index in [4.69, 9.17) is 28.8 Å². The van der Waals surface area contributed by atoms with Crippen molar-refractivity contribution in [3.63, 3.8) is 0 Å². The van der Waals surface area contributed by atoms with Crippen LogP contribution in [0.1, 0.15) is 0 Å². The number of benzene rings is 9. The van der Waals surface area contributed by atoms with Crippen molar-refractivity contribution in [2.75, 3.05) is 0 Å². The largest absolute Gasteiger partial charge is 0.455 e. The number of oxazole rings is 1. The first-order valence-electron chi connectivity index (χ1n) is 21.6. The molecule has 7 heteroatoms. The van der Waals surface area contributed by atoms with Crippen molar-refractivity contribution in [3.05, 3.63) is 212 Å². The molecule has 0 radical (unpaired) electrons. The second-order valence-electron chi connectivity index (χ2n) is 16.2. The molecular formula is C58H35N5O2. The number of para-hydroxylation sites is 3. The van der Waals surface area contributed by atoms with Crippen molar-refractivity contribution < 1.29 is 8.83 Å². The van der Waals surface area contributed by atoms with Crippen LogP contribution >= 0.6 is 0 Å². The summed E-state index contributed by atoms with van der Waals surface area (Å²) in [4.78, 5) is 19.8. The fourth-order valence-electron chi connectivity index (χ4n) is 9.22. The molecule has 0 aliphatic rings. The summed E-state index contributed by atoms with van der Waals surface area (Å²) in [6, 6.07) is 72.9. The third-order valence-corrected chi connectivity index (χ3v) is 12.3. The average Bonchev–Trinajstić information content (AvgIpc) is 4.09. The minimum atomic E-state index is 0.530. The van der Waals surface area contributed by atoms with Gasteiger partial charge in [0.1, 0.15) is 16.7 Å². The summed E-state index contributed by atoms with van der Waals surface area (Å²) in [5.74, 6) is 2.30. The van der Waals surface area contributed by atoms with Crippen LogP contribution in [-0.4, -0.2) is 24.5 Å². The minimum Gasteiger partial charge on any atom is -0.455 e. The maximum absolute atomic E-state index is 6.82. The smallest absolute Gasteiger partial charge is 0.227 e. The number of hydrogen-bond donors (Lipinski definition) is 0. The van der Waals surface area contributed by atoms with Gasteiger partial charge in [-0.2, -0.15) is 0 Å². The molecule has 0 unspecified atom stereocenters. The maximum atomic E-state index is 6.82. The monoisotopic (exact) mass is 833 g/mol. The van der Waals surface area contributed by atoms with Gasteiger partial charge >= 0.3 is 0 Å². The van der Waals surface area contributed by atoms with Crippen LogP contribution in [0.15, 0.2) is 221 Å². The summed E-state index contributed by atoms with van der Waals surface area (Å²) in [6.07, 6.45) is 0. The second-order valence-corrected chi connectivity index (χ2v) is 16.2. The molecule has 0 saturated carbocycles. The van der Waals surface area contributed by atoms with Crippen LogP contribution in [0.5, 0.6) is 0 Å². The van der Waals surface area contributed by atoms with E-state index in [0.717, 1.165) is 93.9 Å². The fraction of sp³-hybridized carbons (Fsp3) is 0. The normalized spacial score (nSPS) is 11.7. The molecule has 0 fully saturated rings. The van der Waals surface area contributed by atoms with Gasteiger partial charge in [0.05, 0.1) is 11.0 Å². The van der Waals surface area contributed by atoms with E-state index in [1.807, 2.05) is 91.0 Å². The summed E-state index contributed by atoms with van der Waals surface area (Å²) < 4.78 is 15.6. The lowest BCUT2D eigenvalue weighted by Gasteiger charge is -2.09. The Morgan fingerprint density at radius 1 is 0.323 bits per heavy atom. The van der Waals surface area contributed by atoms with Crippen LogP contribution in [-0.2, 0) is 0 Å². The third-order valence-electron chi connectivity index (χ3n) is 12.3. The first-order valence-corrected chi connectivity index (χ1v) is 21.6. The highest BCUT2D eigenvalue weighted by atomic mass is 16.3. The number of furan rings is 1. The number of nitrogens with zero attached hydrogens (tertiary/aromatic N) is 5. The van der Waals surface area contributed by atoms with Gasteiger partial charge in [-0.3, -0.25) is 0 Å². The standard InChI is InChI=1S/C58H35N5O2/c1-4-15-36(16-5-1)43-24-13-26-46-47-27-14-25-44(54(47)65-53(43)46)39-29-31-51-48(34-39)45-23-10-11-28-50(45)63(51)42-22-12-21-41(33-42)58-59-49-35-40(30-32-52(49)64-58)57-61-55(37-17-6-2-7-18-37)60-56(62-57)38-19-8-3-9-20-38/h1-35H. The highest BCUT2D eigenvalue weighted by Gasteiger charge is 2.20. The molecule has 65 heavy (non-hydrogen) atoms. The zero-order chi connectivity index (χ0) is 42.8. The van der Waals surface area contributed by atoms with E-state index < -0.39 is 0 Å². The van der Waals surface area contributed by atoms with E-state index in [9.17, 15) is 0 Å². The summed E-state index contributed by atoms with van der Waals surface area (Å²) in [5, 5.41) is 4.53. The van der Waals surface area contributed by atoms with Crippen molar-refractivity contribution in [3.8, 4) is 73.6 Å². The third kappa shape index (κ3) is 6.20. The van der Waals surface area contributed by atoms with Crippen LogP contribution in [0.2, 0.25) is 0 Å². The Morgan fingerprint density at radius 3 is 1.55 bits per heavy atom. The SMILES string of the molecule is c1ccc(-c2nc(-c3ccccc3)nc(-c3ccc4oc(-c5cccc(-n6c7ccccc7c7cc(-c8cccc9c8oc8c(-c%10ccccc%10)cccc89)ccc76)c5)nc4c3)n2)cc1. The van der Waals surface area contributed by atoms with Gasteiger partial charge < -0.3 is 13.4 Å². The number of fused-ring (bicyclic) bond motifs is 7. The molecule has 0 aliphatic heterocycles. The van der Waals surface area contributed by atoms with E-state index in [1.54, 1.807) is 0 Å². The molecule has 0 saturated heterocycles. The summed E-state index contributed by atoms with van der Waals surface area (Å²) in [5.41, 5.74) is 14.3. The van der Waals surface area contributed by atoms with Gasteiger partial charge in [-0.1, -0.05) is 158 Å². The van der Waals surface area contributed by atoms with Crippen molar-refractivity contribution >= 4 is 54.8 Å². The van der Waals surface area contributed by atoms with Crippen molar-refractivity contribution in [2.45, 2.75) is 0 Å². The van der Waals surface area contributed by atoms with E-state index in [1.165, 1.54) is 0 Å². The van der Waals surface area contributed by atoms with E-state index >= 15 is 0 Å². The highest BCUT2D eigenvalue weighted by Crippen LogP contribution is 2.42. The minimum absolute atomic E-state index is 0.530. The summed E-state index contributed by atoms with van der Waals surface area (Å²) >= 11 is 0. The first-order chi connectivity index (χ1) is 32.2. The zero-order valence-corrected chi connectivity index (χ0v) is 34.8. The molecule has 0 spiro atoms. The van der Waals surface area contributed by atoms with Gasteiger partial charge in [0, 0.05) is 60.6 Å². The maximum Gasteiger partial charge on any atom is 0.227 e. The number of aromatic nitrogens is 5. The van der Waals surface area contributed by atoms with Crippen LogP contribution in [0.3, 0.4) is 0 Å². The van der Waals surface area contributed by atoms with Crippen molar-refractivity contribution in [2.24, 2.45) is 0 Å². The fourth-order valence-corrected chi connectivity index (χ4v) is 9.22. The second kappa shape index (κ2) is 14.9. The molecule has 13 aromatic rings. The van der Waals surface area contributed by atoms with E-state index in [0.29, 0.717) is 34.5 Å². The topological polar surface area (TPSA) is 82.8 Å². The van der Waals surface area contributed by atoms with Crippen LogP contribution < -0.4 is 0 Å². The van der Waals surface area contributed by atoms with Gasteiger partial charge in [-0.25, -0.2) is 19.9 Å². The lowest BCUT2D eigenvalue weighted by atomic mass is 9.99. The Labute approximate surface area is 372 Å². The van der Waals surface area contributed by atoms with E-state index in [-0.39, 0.29) is 0 Å². The van der Waals surface area contributed by atoms with Gasteiger partial charge in [0.15, 0.2) is 23.1 Å². The molecule has 7 nitrogen and oxygen atoms in total. The zero-order valence-electron chi connectivity index (χ0n) is 34.8. The Morgan fingerprint density at radius 2 is 0.862 bits per heavy atom. The molecule has 0 aliphatic carbocycles. The Bertz CT molecular complexity index is 3890. The number of rotatable bonds is 7. The molecule has 4 heterocycles. The molecule has 0 N–H and O–H groups in total. The van der Waals surface area contributed by atoms with Gasteiger partial charge in [-0.15, -0.1) is 0 Å². The molecule has 13 rings (SSSR count). The molecule has 304 valence electrons. The van der Waals surface area contributed by atoms with Gasteiger partial charge in [-0.05, 0) is 65.7 Å². The van der Waals surface area contributed by atoms with E-state index in [2.05, 4.69) is 126 Å². The highest BCUT2D eigenvalue weighted by molar-refractivity contribution is 6.15. The van der Waals surface area contributed by atoms with Crippen LogP contribution in [0.4, 0.5) is 0 Å². The van der Waals surface area contributed by atoms with Crippen LogP contribution in [0.25, 0.3) is 128 Å². The van der Waals surface area contributed by atoms with Gasteiger partial charge in [0.2, 0.25) is 5.89 Å². The Balaban J connectivity index is 0.886. The molecule has 9 aromatic carbocycles. The predicted octanol–water partition coefficient (Wildman–Crippen LogP) is 15.0. The molecule has 4 aromatic heterocycles. The molecular weight excluding hydrogens is 799 g/mol. The molecule has 0 bridgehead atoms. The summed E-state index contributed by atoms with van der Waals surface area (Å²) in [6.45, 7) is 0.